The largest absolute Gasteiger partial charge is 0.465 e. The van der Waals surface area contributed by atoms with E-state index in [1.54, 1.807) is 49.1 Å². The fourth-order valence-electron chi connectivity index (χ4n) is 4.47. The van der Waals surface area contributed by atoms with E-state index in [2.05, 4.69) is 29.9 Å². The molecule has 12 nitrogen and oxygen atoms in total. The van der Waals surface area contributed by atoms with Crippen molar-refractivity contribution in [3.63, 3.8) is 0 Å². The van der Waals surface area contributed by atoms with Gasteiger partial charge in [0, 0.05) is 24.8 Å². The lowest BCUT2D eigenvalue weighted by Crippen LogP contribution is -2.23. The fourth-order valence-corrected chi connectivity index (χ4v) is 6.41. The maximum absolute atomic E-state index is 13.8. The molecule has 6 heterocycles. The first-order valence-corrected chi connectivity index (χ1v) is 13.9. The lowest BCUT2D eigenvalue weighted by atomic mass is 10.2. The second-order valence-corrected chi connectivity index (χ2v) is 10.4. The van der Waals surface area contributed by atoms with Gasteiger partial charge in [-0.3, -0.25) is 9.59 Å². The summed E-state index contributed by atoms with van der Waals surface area (Å²) in [6, 6.07) is 7.14. The molecular weight excluding hydrogens is 552 g/mol. The molecule has 0 saturated heterocycles. The van der Waals surface area contributed by atoms with Gasteiger partial charge in [-0.2, -0.15) is 9.97 Å². The van der Waals surface area contributed by atoms with Gasteiger partial charge in [0.1, 0.15) is 41.1 Å². The number of nitrogens with zero attached hydrogens (tertiary/aromatic N) is 8. The summed E-state index contributed by atoms with van der Waals surface area (Å²) in [7, 11) is 0. The zero-order chi connectivity index (χ0) is 27.4. The Morgan fingerprint density at radius 1 is 0.675 bits per heavy atom. The molecular formula is C26H18N8O4S2. The third kappa shape index (κ3) is 3.64. The van der Waals surface area contributed by atoms with Crippen molar-refractivity contribution in [1.82, 2.24) is 39.0 Å². The smallest absolute Gasteiger partial charge is 0.304 e. The van der Waals surface area contributed by atoms with Crippen molar-refractivity contribution in [2.24, 2.45) is 0 Å². The molecule has 0 spiro atoms. The average molecular weight is 571 g/mol. The molecule has 0 amide bonds. The Labute approximate surface area is 232 Å². The highest BCUT2D eigenvalue weighted by molar-refractivity contribution is 7.25. The average Bonchev–Trinajstić information content (AvgIpc) is 3.53. The van der Waals surface area contributed by atoms with Crippen LogP contribution in [0.4, 0.5) is 0 Å². The standard InChI is InChI=1S/C26H18N8O4S2/c1-3-37-25-31-15-17-21(29-10-8-27-17)39-19(15)23(35)33(25)13-6-5-7-14(12-13)34-24(36)20-16(32-26(34)38-4-2)18-22(40-20)30-11-9-28-18/h5-12H,3-4H2,1-2H3. The highest BCUT2D eigenvalue weighted by Crippen LogP contribution is 2.31. The Hall–Kier alpha value is -4.82. The summed E-state index contributed by atoms with van der Waals surface area (Å²) in [5.74, 6) is 0. The molecule has 0 N–H and O–H groups in total. The molecule has 14 heteroatoms. The van der Waals surface area contributed by atoms with Crippen LogP contribution in [-0.2, 0) is 0 Å². The van der Waals surface area contributed by atoms with Gasteiger partial charge in [0.2, 0.25) is 0 Å². The number of hydrogen-bond donors (Lipinski definition) is 0. The minimum absolute atomic E-state index is 0.107. The van der Waals surface area contributed by atoms with Crippen molar-refractivity contribution in [1.29, 1.82) is 0 Å². The van der Waals surface area contributed by atoms with Crippen molar-refractivity contribution in [2.45, 2.75) is 13.8 Å². The van der Waals surface area contributed by atoms with Crippen LogP contribution in [-0.4, -0.2) is 52.3 Å². The van der Waals surface area contributed by atoms with Gasteiger partial charge in [-0.1, -0.05) is 6.07 Å². The Kier molecular flexibility index (Phi) is 5.71. The number of fused-ring (bicyclic) bond motifs is 6. The topological polar surface area (TPSA) is 140 Å². The summed E-state index contributed by atoms with van der Waals surface area (Å²) in [4.78, 5) is 55.6. The van der Waals surface area contributed by atoms with Crippen molar-refractivity contribution < 1.29 is 9.47 Å². The Bertz CT molecular complexity index is 2070. The van der Waals surface area contributed by atoms with Gasteiger partial charge >= 0.3 is 12.0 Å². The van der Waals surface area contributed by atoms with Crippen molar-refractivity contribution in [3.05, 3.63) is 69.8 Å². The minimum atomic E-state index is -0.331. The van der Waals surface area contributed by atoms with Gasteiger partial charge in [0.05, 0.1) is 24.6 Å². The van der Waals surface area contributed by atoms with Gasteiger partial charge in [-0.15, -0.1) is 22.7 Å². The molecule has 0 unspecified atom stereocenters. The van der Waals surface area contributed by atoms with Crippen LogP contribution < -0.4 is 20.6 Å². The molecule has 6 aromatic heterocycles. The molecule has 1 aromatic carbocycles. The lowest BCUT2D eigenvalue weighted by Gasteiger charge is -2.15. The van der Waals surface area contributed by atoms with Gasteiger partial charge in [-0.05, 0) is 32.0 Å². The summed E-state index contributed by atoms with van der Waals surface area (Å²) in [6.07, 6.45) is 6.27. The summed E-state index contributed by atoms with van der Waals surface area (Å²) in [6.45, 7) is 4.19. The summed E-state index contributed by atoms with van der Waals surface area (Å²) in [5.41, 5.74) is 2.20. The highest BCUT2D eigenvalue weighted by atomic mass is 32.1. The molecule has 0 radical (unpaired) electrons. The van der Waals surface area contributed by atoms with Gasteiger partial charge in [0.15, 0.2) is 0 Å². The molecule has 0 saturated carbocycles. The van der Waals surface area contributed by atoms with Gasteiger partial charge in [0.25, 0.3) is 11.1 Å². The van der Waals surface area contributed by atoms with Crippen molar-refractivity contribution >= 4 is 63.8 Å². The predicted octanol–water partition coefficient (Wildman–Crippen LogP) is 3.89. The monoisotopic (exact) mass is 570 g/mol. The third-order valence-electron chi connectivity index (χ3n) is 6.09. The third-order valence-corrected chi connectivity index (χ3v) is 8.22. The molecule has 40 heavy (non-hydrogen) atoms. The predicted molar refractivity (Wildman–Crippen MR) is 153 cm³/mol. The van der Waals surface area contributed by atoms with Crippen LogP contribution in [0.3, 0.4) is 0 Å². The summed E-state index contributed by atoms with van der Waals surface area (Å²) < 4.78 is 15.2. The number of ether oxygens (including phenoxy) is 2. The molecule has 0 aliphatic heterocycles. The van der Waals surface area contributed by atoms with Crippen LogP contribution in [0.15, 0.2) is 58.6 Å². The minimum Gasteiger partial charge on any atom is -0.465 e. The second-order valence-electron chi connectivity index (χ2n) is 8.44. The number of aromatic nitrogens is 8. The maximum atomic E-state index is 13.8. The molecule has 0 aliphatic carbocycles. The van der Waals surface area contributed by atoms with Crippen LogP contribution in [0.1, 0.15) is 13.8 Å². The van der Waals surface area contributed by atoms with Crippen molar-refractivity contribution in [3.8, 4) is 23.4 Å². The van der Waals surface area contributed by atoms with E-state index >= 15 is 0 Å². The molecule has 7 rings (SSSR count). The van der Waals surface area contributed by atoms with Crippen LogP contribution in [0.5, 0.6) is 12.0 Å². The lowest BCUT2D eigenvalue weighted by molar-refractivity contribution is 0.303. The first kappa shape index (κ1) is 24.2. The number of rotatable bonds is 6. The summed E-state index contributed by atoms with van der Waals surface area (Å²) in [5, 5.41) is 0. The zero-order valence-electron chi connectivity index (χ0n) is 21.1. The fraction of sp³-hybridized carbons (Fsp3) is 0.154. The van der Waals surface area contributed by atoms with Gasteiger partial charge in [-0.25, -0.2) is 29.1 Å². The molecule has 0 atom stereocenters. The van der Waals surface area contributed by atoms with E-state index in [0.717, 1.165) is 0 Å². The number of benzene rings is 1. The van der Waals surface area contributed by atoms with E-state index in [1.807, 2.05) is 13.8 Å². The normalized spacial score (nSPS) is 11.7. The van der Waals surface area contributed by atoms with Crippen LogP contribution in [0, 0.1) is 0 Å². The van der Waals surface area contributed by atoms with Gasteiger partial charge < -0.3 is 9.47 Å². The van der Waals surface area contributed by atoms with E-state index in [4.69, 9.17) is 9.47 Å². The first-order valence-electron chi connectivity index (χ1n) is 12.3. The Balaban J connectivity index is 1.48. The van der Waals surface area contributed by atoms with Crippen LogP contribution in [0.25, 0.3) is 52.5 Å². The zero-order valence-corrected chi connectivity index (χ0v) is 22.7. The quantitative estimate of drug-likeness (QED) is 0.289. The van der Waals surface area contributed by atoms with E-state index in [0.29, 0.717) is 52.5 Å². The molecule has 7 aromatic rings. The number of thiophene rings is 2. The first-order chi connectivity index (χ1) is 19.6. The number of hydrogen-bond acceptors (Lipinski definition) is 12. The molecule has 0 fully saturated rings. The molecule has 0 bridgehead atoms. The highest BCUT2D eigenvalue weighted by Gasteiger charge is 2.22. The Morgan fingerprint density at radius 3 is 1.57 bits per heavy atom. The van der Waals surface area contributed by atoms with Crippen molar-refractivity contribution in [2.75, 3.05) is 13.2 Å². The molecule has 0 aliphatic rings. The Morgan fingerprint density at radius 2 is 1.12 bits per heavy atom. The molecule has 198 valence electrons. The maximum Gasteiger partial charge on any atom is 0.304 e. The second kappa shape index (κ2) is 9.43. The SMILES string of the molecule is CCOc1nc2c(sc3nccnc32)c(=O)n1-c1cccc(-n2c(OCC)nc3c(sc4nccnc43)c2=O)c1. The van der Waals surface area contributed by atoms with Crippen LogP contribution >= 0.6 is 22.7 Å². The summed E-state index contributed by atoms with van der Waals surface area (Å²) >= 11 is 2.44. The van der Waals surface area contributed by atoms with Crippen LogP contribution in [0.2, 0.25) is 0 Å². The van der Waals surface area contributed by atoms with E-state index < -0.39 is 0 Å². The van der Waals surface area contributed by atoms with E-state index in [1.165, 1.54) is 31.8 Å². The van der Waals surface area contributed by atoms with E-state index in [9.17, 15) is 9.59 Å². The van der Waals surface area contributed by atoms with E-state index in [-0.39, 0.29) is 36.4 Å².